The van der Waals surface area contributed by atoms with E-state index in [0.717, 1.165) is 14.6 Å². The molecular weight excluding hydrogens is 376 g/mol. The lowest BCUT2D eigenvalue weighted by atomic mass is 10.3. The fraction of sp³-hybridized carbons (Fsp3) is 0.235. The second-order valence-electron chi connectivity index (χ2n) is 5.27. The molecule has 3 rings (SSSR count). The number of para-hydroxylation sites is 3. The van der Waals surface area contributed by atoms with Gasteiger partial charge in [0.2, 0.25) is 10.0 Å². The van der Waals surface area contributed by atoms with Crippen molar-refractivity contribution in [1.82, 2.24) is 4.98 Å². The highest BCUT2D eigenvalue weighted by Gasteiger charge is 2.13. The van der Waals surface area contributed by atoms with Crippen LogP contribution in [0.1, 0.15) is 6.42 Å². The Kier molecular flexibility index (Phi) is 5.82. The molecule has 0 radical (unpaired) electrons. The Morgan fingerprint density at radius 1 is 1.16 bits per heavy atom. The van der Waals surface area contributed by atoms with Gasteiger partial charge in [0.25, 0.3) is 0 Å². The Bertz CT molecular complexity index is 921. The average molecular weight is 395 g/mol. The molecule has 0 aliphatic carbocycles. The Morgan fingerprint density at radius 3 is 2.72 bits per heavy atom. The first kappa shape index (κ1) is 18.0. The lowest BCUT2D eigenvalue weighted by Crippen LogP contribution is -2.17. The van der Waals surface area contributed by atoms with E-state index >= 15 is 0 Å². The average Bonchev–Trinajstić information content (AvgIpc) is 3.02. The van der Waals surface area contributed by atoms with Crippen LogP contribution < -0.4 is 9.46 Å². The number of hydrogen-bond acceptors (Lipinski definition) is 6. The molecule has 2 aromatic carbocycles. The third-order valence-corrected chi connectivity index (χ3v) is 7.05. The highest BCUT2D eigenvalue weighted by atomic mass is 32.2. The SMILES string of the molecule is COc1ccccc1NS(=O)(=O)CCCSc1nc2ccccc2s1. The molecular formula is C17H18N2O3S3. The monoisotopic (exact) mass is 394 g/mol. The van der Waals surface area contributed by atoms with E-state index in [1.807, 2.05) is 24.3 Å². The van der Waals surface area contributed by atoms with Gasteiger partial charge in [-0.2, -0.15) is 0 Å². The smallest absolute Gasteiger partial charge is 0.232 e. The van der Waals surface area contributed by atoms with Crippen LogP contribution in [0.2, 0.25) is 0 Å². The van der Waals surface area contributed by atoms with Gasteiger partial charge in [0, 0.05) is 5.75 Å². The number of benzene rings is 2. The van der Waals surface area contributed by atoms with E-state index in [1.165, 1.54) is 7.11 Å². The molecule has 0 aliphatic heterocycles. The Morgan fingerprint density at radius 2 is 1.92 bits per heavy atom. The van der Waals surface area contributed by atoms with E-state index in [2.05, 4.69) is 9.71 Å². The summed E-state index contributed by atoms with van der Waals surface area (Å²) in [6, 6.07) is 15.0. The Labute approximate surface area is 155 Å². The van der Waals surface area contributed by atoms with E-state index in [0.29, 0.717) is 23.6 Å². The van der Waals surface area contributed by atoms with Crippen LogP contribution in [0.5, 0.6) is 5.75 Å². The van der Waals surface area contributed by atoms with E-state index in [4.69, 9.17) is 4.74 Å². The van der Waals surface area contributed by atoms with Crippen molar-refractivity contribution in [3.63, 3.8) is 0 Å². The molecule has 0 atom stereocenters. The molecule has 0 saturated carbocycles. The topological polar surface area (TPSA) is 68.3 Å². The number of thiazole rings is 1. The molecule has 1 aromatic heterocycles. The van der Waals surface area contributed by atoms with Crippen molar-refractivity contribution < 1.29 is 13.2 Å². The molecule has 8 heteroatoms. The van der Waals surface area contributed by atoms with Crippen LogP contribution in [0, 0.1) is 0 Å². The normalized spacial score (nSPS) is 11.6. The largest absolute Gasteiger partial charge is 0.495 e. The number of anilines is 1. The number of nitrogens with one attached hydrogen (secondary N) is 1. The highest BCUT2D eigenvalue weighted by molar-refractivity contribution is 8.01. The molecule has 132 valence electrons. The summed E-state index contributed by atoms with van der Waals surface area (Å²) in [6.45, 7) is 0. The van der Waals surface area contributed by atoms with Crippen molar-refractivity contribution in [2.75, 3.05) is 23.3 Å². The Balaban J connectivity index is 1.52. The molecule has 0 aliphatic rings. The van der Waals surface area contributed by atoms with E-state index in [9.17, 15) is 8.42 Å². The van der Waals surface area contributed by atoms with Gasteiger partial charge in [-0.1, -0.05) is 36.0 Å². The van der Waals surface area contributed by atoms with E-state index < -0.39 is 10.0 Å². The minimum atomic E-state index is -3.41. The maximum atomic E-state index is 12.2. The van der Waals surface area contributed by atoms with Gasteiger partial charge in [0.05, 0.1) is 28.8 Å². The summed E-state index contributed by atoms with van der Waals surface area (Å²) in [4.78, 5) is 4.54. The van der Waals surface area contributed by atoms with Crippen LogP contribution >= 0.6 is 23.1 Å². The summed E-state index contributed by atoms with van der Waals surface area (Å²) in [6.07, 6.45) is 0.547. The summed E-state index contributed by atoms with van der Waals surface area (Å²) in [5.74, 6) is 1.27. The van der Waals surface area contributed by atoms with E-state index in [-0.39, 0.29) is 5.75 Å². The number of sulfonamides is 1. The number of rotatable bonds is 8. The number of aromatic nitrogens is 1. The van der Waals surface area contributed by atoms with Gasteiger partial charge in [-0.15, -0.1) is 11.3 Å². The lowest BCUT2D eigenvalue weighted by Gasteiger charge is -2.11. The first-order chi connectivity index (χ1) is 12.1. The summed E-state index contributed by atoms with van der Waals surface area (Å²) in [5.41, 5.74) is 1.45. The predicted molar refractivity (Wildman–Crippen MR) is 105 cm³/mol. The Hall–Kier alpha value is -1.77. The van der Waals surface area contributed by atoms with Crippen molar-refractivity contribution in [3.05, 3.63) is 48.5 Å². The maximum absolute atomic E-state index is 12.2. The van der Waals surface area contributed by atoms with Crippen molar-refractivity contribution in [3.8, 4) is 5.75 Å². The van der Waals surface area contributed by atoms with Crippen LogP contribution in [-0.2, 0) is 10.0 Å². The zero-order chi connectivity index (χ0) is 17.7. The van der Waals surface area contributed by atoms with Gasteiger partial charge in [0.15, 0.2) is 4.34 Å². The van der Waals surface area contributed by atoms with Gasteiger partial charge in [-0.3, -0.25) is 4.72 Å². The van der Waals surface area contributed by atoms with Crippen LogP contribution in [0.25, 0.3) is 10.2 Å². The third-order valence-electron chi connectivity index (χ3n) is 3.43. The lowest BCUT2D eigenvalue weighted by molar-refractivity contribution is 0.417. The van der Waals surface area contributed by atoms with Crippen molar-refractivity contribution in [2.24, 2.45) is 0 Å². The quantitative estimate of drug-likeness (QED) is 0.457. The first-order valence-electron chi connectivity index (χ1n) is 7.69. The zero-order valence-corrected chi connectivity index (χ0v) is 16.1. The third kappa shape index (κ3) is 4.87. The number of hydrogen-bond donors (Lipinski definition) is 1. The van der Waals surface area contributed by atoms with Crippen LogP contribution in [-0.4, -0.2) is 32.0 Å². The molecule has 1 N–H and O–H groups in total. The molecule has 0 bridgehead atoms. The highest BCUT2D eigenvalue weighted by Crippen LogP contribution is 2.30. The molecule has 0 fully saturated rings. The minimum absolute atomic E-state index is 0.0585. The molecule has 0 amide bonds. The summed E-state index contributed by atoms with van der Waals surface area (Å²) in [5, 5.41) is 0. The number of nitrogens with zero attached hydrogens (tertiary/aromatic N) is 1. The molecule has 25 heavy (non-hydrogen) atoms. The number of ether oxygens (including phenoxy) is 1. The van der Waals surface area contributed by atoms with Crippen molar-refractivity contribution in [1.29, 1.82) is 0 Å². The molecule has 0 unspecified atom stereocenters. The van der Waals surface area contributed by atoms with Crippen molar-refractivity contribution in [2.45, 2.75) is 10.8 Å². The number of thioether (sulfide) groups is 1. The van der Waals surface area contributed by atoms with Gasteiger partial charge < -0.3 is 4.74 Å². The molecule has 5 nitrogen and oxygen atoms in total. The molecule has 3 aromatic rings. The number of methoxy groups -OCH3 is 1. The first-order valence-corrected chi connectivity index (χ1v) is 11.1. The van der Waals surface area contributed by atoms with Gasteiger partial charge in [-0.05, 0) is 30.7 Å². The fourth-order valence-electron chi connectivity index (χ4n) is 2.27. The van der Waals surface area contributed by atoms with Crippen LogP contribution in [0.3, 0.4) is 0 Å². The second-order valence-corrected chi connectivity index (χ2v) is 9.49. The molecule has 0 spiro atoms. The summed E-state index contributed by atoms with van der Waals surface area (Å²) in [7, 11) is -1.89. The second kappa shape index (κ2) is 8.07. The van der Waals surface area contributed by atoms with Gasteiger partial charge >= 0.3 is 0 Å². The maximum Gasteiger partial charge on any atom is 0.232 e. The minimum Gasteiger partial charge on any atom is -0.495 e. The predicted octanol–water partition coefficient (Wildman–Crippen LogP) is 4.23. The van der Waals surface area contributed by atoms with Gasteiger partial charge in [0.1, 0.15) is 5.75 Å². The van der Waals surface area contributed by atoms with E-state index in [1.54, 1.807) is 47.4 Å². The molecule has 1 heterocycles. The van der Waals surface area contributed by atoms with Gasteiger partial charge in [-0.25, -0.2) is 13.4 Å². The summed E-state index contributed by atoms with van der Waals surface area (Å²) < 4.78 is 34.3. The zero-order valence-electron chi connectivity index (χ0n) is 13.6. The van der Waals surface area contributed by atoms with Crippen molar-refractivity contribution >= 4 is 49.0 Å². The van der Waals surface area contributed by atoms with Crippen LogP contribution in [0.15, 0.2) is 52.9 Å². The fourth-order valence-corrected chi connectivity index (χ4v) is 5.66. The number of fused-ring (bicyclic) bond motifs is 1. The van der Waals surface area contributed by atoms with Crippen LogP contribution in [0.4, 0.5) is 5.69 Å². The standard InChI is InChI=1S/C17H18N2O3S3/c1-22-15-9-4-2-7-13(15)19-25(20,21)12-6-11-23-17-18-14-8-3-5-10-16(14)24-17/h2-5,7-10,19H,6,11-12H2,1H3. The molecule has 0 saturated heterocycles. The summed E-state index contributed by atoms with van der Waals surface area (Å²) >= 11 is 3.22.